The normalized spacial score (nSPS) is 10.4. The summed E-state index contributed by atoms with van der Waals surface area (Å²) in [4.78, 5) is 8.14. The highest BCUT2D eigenvalue weighted by Crippen LogP contribution is 1.88. The lowest BCUT2D eigenvalue weighted by molar-refractivity contribution is 0.144. The van der Waals surface area contributed by atoms with Crippen molar-refractivity contribution in [3.05, 3.63) is 24.3 Å². The molecule has 0 saturated carbocycles. The average molecular weight is 195 g/mol. The third-order valence-corrected chi connectivity index (χ3v) is 1.77. The Bertz CT molecular complexity index is 228. The van der Waals surface area contributed by atoms with Crippen LogP contribution in [0.1, 0.15) is 19.0 Å². The Morgan fingerprint density at radius 2 is 2.36 bits per heavy atom. The van der Waals surface area contributed by atoms with E-state index in [1.165, 1.54) is 0 Å². The first-order valence-corrected chi connectivity index (χ1v) is 4.97. The summed E-state index contributed by atoms with van der Waals surface area (Å²) in [5.74, 6) is 0. The maximum atomic E-state index is 5.22. The molecule has 0 radical (unpaired) electrons. The lowest BCUT2D eigenvalue weighted by atomic mass is 10.4. The molecule has 0 spiro atoms. The van der Waals surface area contributed by atoms with Gasteiger partial charge in [0.25, 0.3) is 0 Å². The summed E-state index contributed by atoms with van der Waals surface area (Å²) in [7, 11) is 0. The van der Waals surface area contributed by atoms with E-state index in [1.54, 1.807) is 18.6 Å². The minimum absolute atomic E-state index is 0.778. The molecule has 0 bridgehead atoms. The van der Waals surface area contributed by atoms with Crippen LogP contribution < -0.4 is 5.32 Å². The van der Waals surface area contributed by atoms with Gasteiger partial charge in [-0.05, 0) is 19.9 Å². The van der Waals surface area contributed by atoms with Gasteiger partial charge in [-0.2, -0.15) is 0 Å². The molecular weight excluding hydrogens is 178 g/mol. The Morgan fingerprint density at radius 1 is 1.43 bits per heavy atom. The smallest absolute Gasteiger partial charge is 0.0724 e. The number of hydrogen-bond acceptors (Lipinski definition) is 4. The number of nitrogens with zero attached hydrogens (tertiary/aromatic N) is 2. The van der Waals surface area contributed by atoms with Crippen LogP contribution in [0.15, 0.2) is 18.6 Å². The fourth-order valence-corrected chi connectivity index (χ4v) is 1.08. The third kappa shape index (κ3) is 4.89. The molecule has 0 aliphatic carbocycles. The van der Waals surface area contributed by atoms with E-state index < -0.39 is 0 Å². The number of nitrogens with one attached hydrogen (secondary N) is 1. The van der Waals surface area contributed by atoms with Gasteiger partial charge in [0.2, 0.25) is 0 Å². The Hall–Kier alpha value is -1.00. The summed E-state index contributed by atoms with van der Waals surface area (Å²) < 4.78 is 5.22. The molecule has 0 aliphatic rings. The standard InChI is InChI=1S/C10H17N3O/c1-2-14-7-3-4-11-8-10-9-12-5-6-13-10/h5-6,9,11H,2-4,7-8H2,1H3. The van der Waals surface area contributed by atoms with E-state index in [4.69, 9.17) is 4.74 Å². The van der Waals surface area contributed by atoms with E-state index in [0.717, 1.165) is 38.4 Å². The van der Waals surface area contributed by atoms with Crippen LogP contribution in [-0.4, -0.2) is 29.7 Å². The van der Waals surface area contributed by atoms with Gasteiger partial charge in [0, 0.05) is 38.3 Å². The Labute approximate surface area is 84.7 Å². The third-order valence-electron chi connectivity index (χ3n) is 1.77. The zero-order chi connectivity index (χ0) is 10.1. The van der Waals surface area contributed by atoms with Gasteiger partial charge in [0.05, 0.1) is 5.69 Å². The molecule has 0 saturated heterocycles. The topological polar surface area (TPSA) is 47.0 Å². The molecule has 0 aliphatic heterocycles. The molecule has 1 rings (SSSR count). The monoisotopic (exact) mass is 195 g/mol. The van der Waals surface area contributed by atoms with Crippen LogP contribution in [0.4, 0.5) is 0 Å². The fourth-order valence-electron chi connectivity index (χ4n) is 1.08. The van der Waals surface area contributed by atoms with E-state index in [2.05, 4.69) is 15.3 Å². The molecule has 1 aromatic rings. The van der Waals surface area contributed by atoms with Crippen molar-refractivity contribution in [2.75, 3.05) is 19.8 Å². The average Bonchev–Trinajstić information content (AvgIpc) is 2.25. The molecule has 1 aromatic heterocycles. The maximum Gasteiger partial charge on any atom is 0.0724 e. The summed E-state index contributed by atoms with van der Waals surface area (Å²) in [6, 6.07) is 0. The predicted octanol–water partition coefficient (Wildman–Crippen LogP) is 0.993. The highest BCUT2D eigenvalue weighted by Gasteiger charge is 1.92. The van der Waals surface area contributed by atoms with Gasteiger partial charge in [-0.25, -0.2) is 0 Å². The molecule has 78 valence electrons. The zero-order valence-corrected chi connectivity index (χ0v) is 8.57. The van der Waals surface area contributed by atoms with Gasteiger partial charge >= 0.3 is 0 Å². The van der Waals surface area contributed by atoms with Crippen LogP contribution in [-0.2, 0) is 11.3 Å². The molecule has 4 nitrogen and oxygen atoms in total. The van der Waals surface area contributed by atoms with Crippen molar-refractivity contribution in [2.24, 2.45) is 0 Å². The van der Waals surface area contributed by atoms with Crippen molar-refractivity contribution in [2.45, 2.75) is 19.9 Å². The Morgan fingerprint density at radius 3 is 3.07 bits per heavy atom. The molecule has 1 heterocycles. The number of ether oxygens (including phenoxy) is 1. The summed E-state index contributed by atoms with van der Waals surface area (Å²) in [6.45, 7) is 5.36. The zero-order valence-electron chi connectivity index (χ0n) is 8.57. The van der Waals surface area contributed by atoms with Crippen LogP contribution >= 0.6 is 0 Å². The first kappa shape index (κ1) is 11.1. The van der Waals surface area contributed by atoms with Gasteiger partial charge in [-0.15, -0.1) is 0 Å². The molecule has 14 heavy (non-hydrogen) atoms. The SMILES string of the molecule is CCOCCCNCc1cnccn1. The summed E-state index contributed by atoms with van der Waals surface area (Å²) in [5.41, 5.74) is 0.976. The fraction of sp³-hybridized carbons (Fsp3) is 0.600. The van der Waals surface area contributed by atoms with Crippen LogP contribution in [0.3, 0.4) is 0 Å². The molecule has 0 aromatic carbocycles. The molecule has 0 amide bonds. The summed E-state index contributed by atoms with van der Waals surface area (Å²) in [5, 5.41) is 3.28. The largest absolute Gasteiger partial charge is 0.382 e. The van der Waals surface area contributed by atoms with Crippen LogP contribution in [0.5, 0.6) is 0 Å². The van der Waals surface area contributed by atoms with Crippen molar-refractivity contribution >= 4 is 0 Å². The number of hydrogen-bond donors (Lipinski definition) is 1. The van der Waals surface area contributed by atoms with Crippen molar-refractivity contribution in [3.63, 3.8) is 0 Å². The van der Waals surface area contributed by atoms with E-state index in [1.807, 2.05) is 6.92 Å². The van der Waals surface area contributed by atoms with E-state index in [9.17, 15) is 0 Å². The number of aromatic nitrogens is 2. The second-order valence-electron chi connectivity index (χ2n) is 2.92. The van der Waals surface area contributed by atoms with Gasteiger partial charge in [0.1, 0.15) is 0 Å². The predicted molar refractivity (Wildman–Crippen MR) is 54.8 cm³/mol. The first-order valence-electron chi connectivity index (χ1n) is 4.97. The van der Waals surface area contributed by atoms with Crippen molar-refractivity contribution in [1.29, 1.82) is 0 Å². The van der Waals surface area contributed by atoms with Crippen molar-refractivity contribution in [3.8, 4) is 0 Å². The second-order valence-corrected chi connectivity index (χ2v) is 2.92. The quantitative estimate of drug-likeness (QED) is 0.659. The van der Waals surface area contributed by atoms with E-state index in [0.29, 0.717) is 0 Å². The number of rotatable bonds is 7. The van der Waals surface area contributed by atoms with E-state index >= 15 is 0 Å². The molecular formula is C10H17N3O. The van der Waals surface area contributed by atoms with Gasteiger partial charge in [-0.3, -0.25) is 9.97 Å². The molecule has 0 fully saturated rings. The lowest BCUT2D eigenvalue weighted by Gasteiger charge is -2.03. The minimum Gasteiger partial charge on any atom is -0.382 e. The second kappa shape index (κ2) is 7.41. The van der Waals surface area contributed by atoms with Crippen molar-refractivity contribution in [1.82, 2.24) is 15.3 Å². The van der Waals surface area contributed by atoms with Crippen LogP contribution in [0, 0.1) is 0 Å². The van der Waals surface area contributed by atoms with Gasteiger partial charge in [-0.1, -0.05) is 0 Å². The van der Waals surface area contributed by atoms with E-state index in [-0.39, 0.29) is 0 Å². The molecule has 0 unspecified atom stereocenters. The Kier molecular flexibility index (Phi) is 5.86. The maximum absolute atomic E-state index is 5.22. The lowest BCUT2D eigenvalue weighted by Crippen LogP contribution is -2.17. The van der Waals surface area contributed by atoms with Gasteiger partial charge < -0.3 is 10.1 Å². The first-order chi connectivity index (χ1) is 6.93. The molecule has 1 N–H and O–H groups in total. The highest BCUT2D eigenvalue weighted by molar-refractivity contribution is 4.93. The highest BCUT2D eigenvalue weighted by atomic mass is 16.5. The Balaban J connectivity index is 1.99. The van der Waals surface area contributed by atoms with Gasteiger partial charge in [0.15, 0.2) is 0 Å². The van der Waals surface area contributed by atoms with Crippen LogP contribution in [0.2, 0.25) is 0 Å². The molecule has 4 heteroatoms. The van der Waals surface area contributed by atoms with Crippen LogP contribution in [0.25, 0.3) is 0 Å². The molecule has 0 atom stereocenters. The minimum atomic E-state index is 0.778. The van der Waals surface area contributed by atoms with Crippen molar-refractivity contribution < 1.29 is 4.74 Å². The summed E-state index contributed by atoms with van der Waals surface area (Å²) >= 11 is 0. The summed E-state index contributed by atoms with van der Waals surface area (Å²) in [6.07, 6.45) is 6.19.